The fourth-order valence-electron chi connectivity index (χ4n) is 4.58. The number of anilines is 1. The molecule has 1 aromatic carbocycles. The third kappa shape index (κ3) is 3.38. The molecule has 0 saturated carbocycles. The zero-order chi connectivity index (χ0) is 18.0. The number of aryl methyl sites for hydroxylation is 1. The van der Waals surface area contributed by atoms with Crippen molar-refractivity contribution in [3.63, 3.8) is 0 Å². The maximum absolute atomic E-state index is 13.4. The number of carbonyl (C=O) groups excluding carboxylic acids is 1. The van der Waals surface area contributed by atoms with Crippen LogP contribution in [0, 0.1) is 12.3 Å². The summed E-state index contributed by atoms with van der Waals surface area (Å²) in [6.07, 6.45) is 4.18. The van der Waals surface area contributed by atoms with E-state index in [9.17, 15) is 4.79 Å². The first kappa shape index (κ1) is 17.2. The van der Waals surface area contributed by atoms with Gasteiger partial charge in [0.1, 0.15) is 0 Å². The average Bonchev–Trinajstić information content (AvgIpc) is 2.65. The lowest BCUT2D eigenvalue weighted by molar-refractivity contribution is -0.134. The Morgan fingerprint density at radius 1 is 1.00 bits per heavy atom. The molecule has 2 saturated heterocycles. The van der Waals surface area contributed by atoms with Crippen LogP contribution in [0.3, 0.4) is 0 Å². The lowest BCUT2D eigenvalue weighted by atomic mass is 9.72. The van der Waals surface area contributed by atoms with Gasteiger partial charge < -0.3 is 4.90 Å². The monoisotopic (exact) mass is 349 g/mol. The summed E-state index contributed by atoms with van der Waals surface area (Å²) in [6, 6.07) is 16.3. The lowest BCUT2D eigenvalue weighted by Crippen LogP contribution is -2.56. The third-order valence-electron chi connectivity index (χ3n) is 5.79. The van der Waals surface area contributed by atoms with Crippen molar-refractivity contribution in [2.75, 3.05) is 24.5 Å². The van der Waals surface area contributed by atoms with Crippen molar-refractivity contribution in [2.24, 2.45) is 5.41 Å². The van der Waals surface area contributed by atoms with Crippen molar-refractivity contribution in [1.82, 2.24) is 9.88 Å². The van der Waals surface area contributed by atoms with Crippen LogP contribution < -0.4 is 4.90 Å². The van der Waals surface area contributed by atoms with E-state index in [0.29, 0.717) is 5.91 Å². The molecule has 0 aliphatic carbocycles. The molecule has 0 N–H and O–H groups in total. The van der Waals surface area contributed by atoms with Crippen molar-refractivity contribution in [3.8, 4) is 0 Å². The highest BCUT2D eigenvalue weighted by molar-refractivity contribution is 5.98. The first-order valence-corrected chi connectivity index (χ1v) is 9.68. The van der Waals surface area contributed by atoms with Crippen LogP contribution in [0.1, 0.15) is 37.1 Å². The highest BCUT2D eigenvalue weighted by Gasteiger charge is 2.46. The van der Waals surface area contributed by atoms with Crippen LogP contribution in [0.15, 0.2) is 48.5 Å². The fraction of sp³-hybridized carbons (Fsp3) is 0.455. The van der Waals surface area contributed by atoms with Crippen molar-refractivity contribution >= 4 is 11.6 Å². The molecule has 3 heterocycles. The first-order chi connectivity index (χ1) is 12.7. The van der Waals surface area contributed by atoms with E-state index in [2.05, 4.69) is 22.0 Å². The molecule has 2 aromatic rings. The van der Waals surface area contributed by atoms with E-state index in [4.69, 9.17) is 0 Å². The molecule has 1 atom stereocenters. The number of likely N-dealkylation sites (tertiary alicyclic amines) is 1. The molecule has 4 nitrogen and oxygen atoms in total. The van der Waals surface area contributed by atoms with Crippen molar-refractivity contribution < 1.29 is 4.79 Å². The second-order valence-electron chi connectivity index (χ2n) is 7.76. The minimum Gasteiger partial charge on any atom is -0.312 e. The maximum Gasteiger partial charge on any atom is 0.234 e. The number of hydrogen-bond donors (Lipinski definition) is 0. The largest absolute Gasteiger partial charge is 0.312 e. The second-order valence-corrected chi connectivity index (χ2v) is 7.76. The summed E-state index contributed by atoms with van der Waals surface area (Å²) in [7, 11) is 0. The predicted octanol–water partition coefficient (Wildman–Crippen LogP) is 3.80. The molecule has 4 rings (SSSR count). The second kappa shape index (κ2) is 7.20. The smallest absolute Gasteiger partial charge is 0.234 e. The van der Waals surface area contributed by atoms with Gasteiger partial charge in [-0.1, -0.05) is 24.3 Å². The third-order valence-corrected chi connectivity index (χ3v) is 5.79. The van der Waals surface area contributed by atoms with Gasteiger partial charge in [0.15, 0.2) is 0 Å². The molecule has 0 radical (unpaired) electrons. The Labute approximate surface area is 155 Å². The summed E-state index contributed by atoms with van der Waals surface area (Å²) in [5, 5.41) is 0. The zero-order valence-corrected chi connectivity index (χ0v) is 15.5. The van der Waals surface area contributed by atoms with E-state index in [-0.39, 0.29) is 5.41 Å². The fourth-order valence-corrected chi connectivity index (χ4v) is 4.58. The summed E-state index contributed by atoms with van der Waals surface area (Å²) >= 11 is 0. The molecule has 2 aliphatic rings. The van der Waals surface area contributed by atoms with Crippen LogP contribution in [0.4, 0.5) is 5.69 Å². The summed E-state index contributed by atoms with van der Waals surface area (Å²) in [5.74, 6) is 0.317. The van der Waals surface area contributed by atoms with Gasteiger partial charge in [-0.3, -0.25) is 14.7 Å². The standard InChI is InChI=1S/C22H27N3O/c1-18-8-5-9-19(23-18)16-24-14-6-12-22(17-24)13-7-15-25(21(22)26)20-10-3-2-4-11-20/h2-5,8-11H,6-7,12-17H2,1H3. The van der Waals surface area contributed by atoms with Gasteiger partial charge in [0.2, 0.25) is 5.91 Å². The SMILES string of the molecule is Cc1cccc(CN2CCCC3(CCCN(c4ccccc4)C3=O)C2)n1. The number of piperidine rings is 2. The van der Waals surface area contributed by atoms with Crippen LogP contribution in [0.5, 0.6) is 0 Å². The number of benzene rings is 1. The number of rotatable bonds is 3. The molecule has 1 spiro atoms. The Balaban J connectivity index is 1.52. The van der Waals surface area contributed by atoms with Gasteiger partial charge in [-0.05, 0) is 63.4 Å². The number of hydrogen-bond acceptors (Lipinski definition) is 3. The minimum absolute atomic E-state index is 0.226. The molecule has 0 bridgehead atoms. The first-order valence-electron chi connectivity index (χ1n) is 9.68. The number of aromatic nitrogens is 1. The highest BCUT2D eigenvalue weighted by Crippen LogP contribution is 2.41. The average molecular weight is 349 g/mol. The Hall–Kier alpha value is -2.20. The number of para-hydroxylation sites is 1. The van der Waals surface area contributed by atoms with E-state index in [0.717, 1.165) is 68.9 Å². The number of carbonyl (C=O) groups is 1. The van der Waals surface area contributed by atoms with E-state index < -0.39 is 0 Å². The van der Waals surface area contributed by atoms with Gasteiger partial charge in [-0.25, -0.2) is 0 Å². The number of nitrogens with zero attached hydrogens (tertiary/aromatic N) is 3. The number of pyridine rings is 1. The van der Waals surface area contributed by atoms with E-state index >= 15 is 0 Å². The molecule has 4 heteroatoms. The summed E-state index contributed by atoms with van der Waals surface area (Å²) in [6.45, 7) is 5.61. The molecular formula is C22H27N3O. The Bertz CT molecular complexity index is 772. The van der Waals surface area contributed by atoms with Gasteiger partial charge in [0.25, 0.3) is 0 Å². The summed E-state index contributed by atoms with van der Waals surface area (Å²) in [4.78, 5) is 22.5. The van der Waals surface area contributed by atoms with Crippen LogP contribution in [-0.2, 0) is 11.3 Å². The van der Waals surface area contributed by atoms with Gasteiger partial charge in [0.05, 0.1) is 11.1 Å². The quantitative estimate of drug-likeness (QED) is 0.846. The van der Waals surface area contributed by atoms with Gasteiger partial charge in [-0.15, -0.1) is 0 Å². The van der Waals surface area contributed by atoms with E-state index in [1.165, 1.54) is 0 Å². The summed E-state index contributed by atoms with van der Waals surface area (Å²) < 4.78 is 0. The van der Waals surface area contributed by atoms with Crippen molar-refractivity contribution in [1.29, 1.82) is 0 Å². The van der Waals surface area contributed by atoms with Crippen molar-refractivity contribution in [2.45, 2.75) is 39.2 Å². The van der Waals surface area contributed by atoms with Crippen LogP contribution in [0.2, 0.25) is 0 Å². The van der Waals surface area contributed by atoms with Gasteiger partial charge in [0, 0.05) is 31.0 Å². The van der Waals surface area contributed by atoms with Gasteiger partial charge >= 0.3 is 0 Å². The predicted molar refractivity (Wildman–Crippen MR) is 104 cm³/mol. The topological polar surface area (TPSA) is 36.4 Å². The molecule has 1 aromatic heterocycles. The lowest BCUT2D eigenvalue weighted by Gasteiger charge is -2.47. The van der Waals surface area contributed by atoms with E-state index in [1.807, 2.05) is 48.2 Å². The normalized spacial score (nSPS) is 24.2. The van der Waals surface area contributed by atoms with Crippen LogP contribution in [0.25, 0.3) is 0 Å². The Morgan fingerprint density at radius 2 is 1.77 bits per heavy atom. The van der Waals surface area contributed by atoms with E-state index in [1.54, 1.807) is 0 Å². The molecule has 1 amide bonds. The van der Waals surface area contributed by atoms with Crippen molar-refractivity contribution in [3.05, 3.63) is 59.9 Å². The van der Waals surface area contributed by atoms with Crippen LogP contribution >= 0.6 is 0 Å². The highest BCUT2D eigenvalue weighted by atomic mass is 16.2. The summed E-state index contributed by atoms with van der Waals surface area (Å²) in [5.41, 5.74) is 2.97. The Kier molecular flexibility index (Phi) is 4.77. The minimum atomic E-state index is -0.226. The van der Waals surface area contributed by atoms with Crippen LogP contribution in [-0.4, -0.2) is 35.4 Å². The number of amides is 1. The Morgan fingerprint density at radius 3 is 2.54 bits per heavy atom. The molecule has 26 heavy (non-hydrogen) atoms. The molecule has 136 valence electrons. The maximum atomic E-state index is 13.4. The van der Waals surface area contributed by atoms with Gasteiger partial charge in [-0.2, -0.15) is 0 Å². The molecule has 2 aliphatic heterocycles. The molecule has 1 unspecified atom stereocenters. The molecule has 2 fully saturated rings. The molecular weight excluding hydrogens is 322 g/mol. The zero-order valence-electron chi connectivity index (χ0n) is 15.5.